The molecule has 0 atom stereocenters. The summed E-state index contributed by atoms with van der Waals surface area (Å²) in [4.78, 5) is 22.5. The number of hydrogen-bond acceptors (Lipinski definition) is 5. The number of halogens is 1. The fraction of sp³-hybridized carbons (Fsp3) is 0.263. The SMILES string of the molecule is Cc1nc(CC(=O)N(CCc2ccccc2F)Cc2cccnc2)no1. The molecule has 0 saturated carbocycles. The highest BCUT2D eigenvalue weighted by Crippen LogP contribution is 2.11. The zero-order valence-electron chi connectivity index (χ0n) is 14.4. The zero-order chi connectivity index (χ0) is 18.4. The maximum atomic E-state index is 13.9. The highest BCUT2D eigenvalue weighted by atomic mass is 19.1. The number of hydrogen-bond donors (Lipinski definition) is 0. The van der Waals surface area contributed by atoms with Gasteiger partial charge in [0, 0.05) is 32.4 Å². The lowest BCUT2D eigenvalue weighted by atomic mass is 10.1. The van der Waals surface area contributed by atoms with Crippen LogP contribution in [-0.2, 0) is 24.2 Å². The van der Waals surface area contributed by atoms with Crippen LogP contribution in [0.3, 0.4) is 0 Å². The second kappa shape index (κ2) is 8.33. The molecule has 0 spiro atoms. The van der Waals surface area contributed by atoms with E-state index in [9.17, 15) is 9.18 Å². The van der Waals surface area contributed by atoms with E-state index in [0.29, 0.717) is 36.8 Å². The standard InChI is InChI=1S/C19H19FN4O2/c1-14-22-18(23-26-14)11-19(25)24(13-15-5-4-9-21-12-15)10-8-16-6-2-3-7-17(16)20/h2-7,9,12H,8,10-11,13H2,1H3. The number of aryl methyl sites for hydroxylation is 1. The fourth-order valence-electron chi connectivity index (χ4n) is 2.62. The first-order chi connectivity index (χ1) is 12.6. The summed E-state index contributed by atoms with van der Waals surface area (Å²) in [6.07, 6.45) is 3.85. The molecular weight excluding hydrogens is 335 g/mol. The van der Waals surface area contributed by atoms with Crippen LogP contribution in [0, 0.1) is 12.7 Å². The van der Waals surface area contributed by atoms with Gasteiger partial charge < -0.3 is 9.42 Å². The predicted octanol–water partition coefficient (Wildman–Crippen LogP) is 2.73. The molecule has 26 heavy (non-hydrogen) atoms. The van der Waals surface area contributed by atoms with Gasteiger partial charge in [0.05, 0.1) is 6.42 Å². The molecule has 0 fully saturated rings. The lowest BCUT2D eigenvalue weighted by Crippen LogP contribution is -2.34. The van der Waals surface area contributed by atoms with Crippen LogP contribution in [0.15, 0.2) is 53.3 Å². The number of benzene rings is 1. The Morgan fingerprint density at radius 3 is 2.77 bits per heavy atom. The Hall–Kier alpha value is -3.09. The van der Waals surface area contributed by atoms with Crippen LogP contribution >= 0.6 is 0 Å². The normalized spacial score (nSPS) is 10.7. The molecule has 0 aliphatic rings. The molecule has 0 aliphatic carbocycles. The summed E-state index contributed by atoms with van der Waals surface area (Å²) < 4.78 is 18.8. The summed E-state index contributed by atoms with van der Waals surface area (Å²) in [5, 5.41) is 3.77. The quantitative estimate of drug-likeness (QED) is 0.652. The van der Waals surface area contributed by atoms with Crippen molar-refractivity contribution in [2.24, 2.45) is 0 Å². The maximum Gasteiger partial charge on any atom is 0.230 e. The first-order valence-corrected chi connectivity index (χ1v) is 8.31. The largest absolute Gasteiger partial charge is 0.340 e. The summed E-state index contributed by atoms with van der Waals surface area (Å²) in [5.41, 5.74) is 1.48. The first kappa shape index (κ1) is 17.7. The van der Waals surface area contributed by atoms with Crippen molar-refractivity contribution in [1.29, 1.82) is 0 Å². The van der Waals surface area contributed by atoms with Crippen LogP contribution in [-0.4, -0.2) is 32.5 Å². The molecule has 0 saturated heterocycles. The van der Waals surface area contributed by atoms with Gasteiger partial charge in [0.15, 0.2) is 5.82 Å². The molecule has 0 bridgehead atoms. The van der Waals surface area contributed by atoms with Gasteiger partial charge in [-0.1, -0.05) is 29.4 Å². The second-order valence-corrected chi connectivity index (χ2v) is 5.92. The lowest BCUT2D eigenvalue weighted by molar-refractivity contribution is -0.131. The van der Waals surface area contributed by atoms with Crippen LogP contribution in [0.2, 0.25) is 0 Å². The average Bonchev–Trinajstić information content (AvgIpc) is 3.05. The van der Waals surface area contributed by atoms with Crippen molar-refractivity contribution in [3.8, 4) is 0 Å². The van der Waals surface area contributed by atoms with E-state index in [0.717, 1.165) is 5.56 Å². The Morgan fingerprint density at radius 1 is 1.23 bits per heavy atom. The van der Waals surface area contributed by atoms with Crippen LogP contribution < -0.4 is 0 Å². The number of aromatic nitrogens is 3. The predicted molar refractivity (Wildman–Crippen MR) is 92.5 cm³/mol. The minimum absolute atomic E-state index is 0.0366. The third-order valence-corrected chi connectivity index (χ3v) is 3.94. The van der Waals surface area contributed by atoms with Crippen molar-refractivity contribution >= 4 is 5.91 Å². The smallest absolute Gasteiger partial charge is 0.230 e. The number of amides is 1. The minimum Gasteiger partial charge on any atom is -0.340 e. The number of nitrogens with zero attached hydrogens (tertiary/aromatic N) is 4. The molecule has 1 amide bonds. The van der Waals surface area contributed by atoms with E-state index in [-0.39, 0.29) is 18.1 Å². The number of rotatable bonds is 7. The topological polar surface area (TPSA) is 72.1 Å². The maximum absolute atomic E-state index is 13.9. The molecule has 7 heteroatoms. The number of carbonyl (C=O) groups is 1. The highest BCUT2D eigenvalue weighted by Gasteiger charge is 2.18. The van der Waals surface area contributed by atoms with Crippen molar-refractivity contribution in [3.63, 3.8) is 0 Å². The lowest BCUT2D eigenvalue weighted by Gasteiger charge is -2.22. The van der Waals surface area contributed by atoms with Gasteiger partial charge in [-0.2, -0.15) is 4.98 Å². The summed E-state index contributed by atoms with van der Waals surface area (Å²) in [6.45, 7) is 2.44. The summed E-state index contributed by atoms with van der Waals surface area (Å²) >= 11 is 0. The Kier molecular flexibility index (Phi) is 5.68. The van der Waals surface area contributed by atoms with E-state index >= 15 is 0 Å². The molecule has 0 N–H and O–H groups in total. The van der Waals surface area contributed by atoms with Gasteiger partial charge in [-0.3, -0.25) is 9.78 Å². The van der Waals surface area contributed by atoms with Gasteiger partial charge in [0.1, 0.15) is 5.82 Å². The van der Waals surface area contributed by atoms with Crippen LogP contribution in [0.25, 0.3) is 0 Å². The Bertz CT molecular complexity index is 867. The highest BCUT2D eigenvalue weighted by molar-refractivity contribution is 5.78. The summed E-state index contributed by atoms with van der Waals surface area (Å²) in [6, 6.07) is 10.3. The van der Waals surface area contributed by atoms with Crippen LogP contribution in [0.4, 0.5) is 4.39 Å². The fourth-order valence-corrected chi connectivity index (χ4v) is 2.62. The van der Waals surface area contributed by atoms with Gasteiger partial charge in [0.2, 0.25) is 11.8 Å². The molecule has 1 aromatic carbocycles. The second-order valence-electron chi connectivity index (χ2n) is 5.92. The van der Waals surface area contributed by atoms with E-state index in [1.54, 1.807) is 42.4 Å². The molecule has 2 aromatic heterocycles. The van der Waals surface area contributed by atoms with Crippen molar-refractivity contribution in [1.82, 2.24) is 20.0 Å². The first-order valence-electron chi connectivity index (χ1n) is 8.31. The average molecular weight is 354 g/mol. The minimum atomic E-state index is -0.268. The monoisotopic (exact) mass is 354 g/mol. The van der Waals surface area contributed by atoms with Crippen LogP contribution in [0.5, 0.6) is 0 Å². The molecule has 134 valence electrons. The Balaban J connectivity index is 1.72. The van der Waals surface area contributed by atoms with E-state index in [1.165, 1.54) is 6.07 Å². The Labute approximate surface area is 150 Å². The molecule has 0 radical (unpaired) electrons. The van der Waals surface area contributed by atoms with Gasteiger partial charge >= 0.3 is 0 Å². The van der Waals surface area contributed by atoms with Gasteiger partial charge in [0.25, 0.3) is 0 Å². The number of pyridine rings is 1. The van der Waals surface area contributed by atoms with Gasteiger partial charge in [-0.05, 0) is 29.7 Å². The Morgan fingerprint density at radius 2 is 2.08 bits per heavy atom. The zero-order valence-corrected chi connectivity index (χ0v) is 14.4. The van der Waals surface area contributed by atoms with Crippen LogP contribution in [0.1, 0.15) is 22.8 Å². The van der Waals surface area contributed by atoms with Crippen molar-refractivity contribution in [3.05, 3.63) is 77.5 Å². The molecule has 0 unspecified atom stereocenters. The third-order valence-electron chi connectivity index (χ3n) is 3.94. The molecule has 2 heterocycles. The van der Waals surface area contributed by atoms with E-state index in [2.05, 4.69) is 15.1 Å². The summed E-state index contributed by atoms with van der Waals surface area (Å²) in [5.74, 6) is 0.341. The molecule has 3 rings (SSSR count). The van der Waals surface area contributed by atoms with Crippen molar-refractivity contribution in [2.75, 3.05) is 6.54 Å². The summed E-state index contributed by atoms with van der Waals surface area (Å²) in [7, 11) is 0. The number of carbonyl (C=O) groups excluding carboxylic acids is 1. The van der Waals surface area contributed by atoms with Crippen molar-refractivity contribution in [2.45, 2.75) is 26.3 Å². The van der Waals surface area contributed by atoms with Crippen molar-refractivity contribution < 1.29 is 13.7 Å². The van der Waals surface area contributed by atoms with E-state index in [4.69, 9.17) is 4.52 Å². The molecule has 3 aromatic rings. The van der Waals surface area contributed by atoms with E-state index < -0.39 is 0 Å². The van der Waals surface area contributed by atoms with Gasteiger partial charge in [-0.15, -0.1) is 0 Å². The molecular formula is C19H19FN4O2. The van der Waals surface area contributed by atoms with E-state index in [1.807, 2.05) is 12.1 Å². The third kappa shape index (κ3) is 4.72. The molecule has 6 nitrogen and oxygen atoms in total. The molecule has 0 aliphatic heterocycles. The van der Waals surface area contributed by atoms with Gasteiger partial charge in [-0.25, -0.2) is 4.39 Å².